The van der Waals surface area contributed by atoms with E-state index >= 15 is 0 Å². The molecule has 1 radical (unpaired) electrons. The van der Waals surface area contributed by atoms with E-state index in [1.54, 1.807) is 0 Å². The summed E-state index contributed by atoms with van der Waals surface area (Å²) in [5.74, 6) is 0. The second kappa shape index (κ2) is 6.81. The minimum Gasteiger partial charge on any atom is -1.00 e. The van der Waals surface area contributed by atoms with Crippen molar-refractivity contribution in [1.82, 2.24) is 0 Å². The first kappa shape index (κ1) is 17.3. The van der Waals surface area contributed by atoms with Gasteiger partial charge in [-0.15, -0.1) is 16.8 Å². The fourth-order valence-electron chi connectivity index (χ4n) is 2.80. The number of hydrogen-bond donors (Lipinski definition) is 0. The second-order valence-corrected chi connectivity index (χ2v) is 4.44. The zero-order chi connectivity index (χ0) is 11.2. The molecule has 0 saturated carbocycles. The van der Waals surface area contributed by atoms with Gasteiger partial charge in [-0.3, -0.25) is 0 Å². The van der Waals surface area contributed by atoms with Crippen LogP contribution >= 0.6 is 0 Å². The van der Waals surface area contributed by atoms with Crippen LogP contribution in [0.3, 0.4) is 0 Å². The van der Waals surface area contributed by atoms with Gasteiger partial charge in [-0.2, -0.15) is 12.1 Å². The molecule has 0 amide bonds. The van der Waals surface area contributed by atoms with Gasteiger partial charge in [0.25, 0.3) is 0 Å². The van der Waals surface area contributed by atoms with E-state index in [2.05, 4.69) is 66.7 Å². The maximum Gasteiger partial charge on any atom is 3.00 e. The van der Waals surface area contributed by atoms with Crippen LogP contribution in [0.1, 0.15) is 0 Å². The molecule has 0 bridgehead atoms. The van der Waals surface area contributed by atoms with Gasteiger partial charge in [0.05, 0.1) is 0 Å². The third kappa shape index (κ3) is 2.44. The molecular weight excluding hydrogens is 366 g/mol. The average molecular weight is 377 g/mol. The van der Waals surface area contributed by atoms with E-state index in [-0.39, 0.29) is 51.0 Å². The Morgan fingerprint density at radius 3 is 1.50 bits per heavy atom. The third-order valence-electron chi connectivity index (χ3n) is 3.54. The maximum atomic E-state index is 2.21. The first-order valence-electron chi connectivity index (χ1n) is 5.90. The first-order chi connectivity index (χ1) is 8.45. The molecule has 0 N–H and O–H groups in total. The molecule has 20 heavy (non-hydrogen) atoms. The third-order valence-corrected chi connectivity index (χ3v) is 3.54. The van der Waals surface area contributed by atoms with Crippen molar-refractivity contribution in [2.45, 2.75) is 0 Å². The van der Waals surface area contributed by atoms with Crippen molar-refractivity contribution in [1.29, 1.82) is 0 Å². The summed E-state index contributed by atoms with van der Waals surface area (Å²) in [5, 5.41) is 8.12. The molecule has 0 aromatic heterocycles. The Kier molecular flexibility index (Phi) is 5.89. The molecule has 3 heteroatoms. The molecule has 0 atom stereocenters. The normalized spacial score (nSPS) is 9.80. The molecule has 0 heterocycles. The Hall–Kier alpha value is -0.747. The predicted octanol–water partition coefficient (Wildman–Crippen LogP) is -1.13. The van der Waals surface area contributed by atoms with Gasteiger partial charge in [-0.05, 0) is 5.39 Å². The van der Waals surface area contributed by atoms with Crippen molar-refractivity contribution >= 4 is 32.3 Å². The van der Waals surface area contributed by atoms with E-state index < -0.39 is 0 Å². The Morgan fingerprint density at radius 2 is 0.950 bits per heavy atom. The summed E-state index contributed by atoms with van der Waals surface area (Å²) in [6, 6.07) is 23.9. The molecule has 0 unspecified atom stereocenters. The quantitative estimate of drug-likeness (QED) is 0.269. The summed E-state index contributed by atoms with van der Waals surface area (Å²) in [4.78, 5) is 0. The molecule has 4 aromatic carbocycles. The molecule has 0 aliphatic carbocycles. The summed E-state index contributed by atoms with van der Waals surface area (Å²) in [6.07, 6.45) is 0. The van der Waals surface area contributed by atoms with Gasteiger partial charge in [0.2, 0.25) is 0 Å². The number of fused-ring (bicyclic) bond motifs is 6. The van der Waals surface area contributed by atoms with Crippen molar-refractivity contribution in [2.24, 2.45) is 0 Å². The Bertz CT molecular complexity index is 779. The molecule has 0 aliphatic heterocycles. The van der Waals surface area contributed by atoms with Crippen LogP contribution in [0.4, 0.5) is 0 Å². The number of halogens is 2. The van der Waals surface area contributed by atoms with E-state index in [1.165, 1.54) is 32.3 Å². The SMILES string of the molecule is [Cl-].[Cl-].[Zr+3].c1ccc2c(c1)c1ccccc1c1[cH-]ccc21. The van der Waals surface area contributed by atoms with Gasteiger partial charge in [-0.1, -0.05) is 64.7 Å². The minimum atomic E-state index is 0. The summed E-state index contributed by atoms with van der Waals surface area (Å²) in [6.45, 7) is 0. The number of rotatable bonds is 0. The smallest absolute Gasteiger partial charge is 1.00 e. The molecule has 0 saturated heterocycles. The summed E-state index contributed by atoms with van der Waals surface area (Å²) in [5.41, 5.74) is 0. The Labute approximate surface area is 149 Å². The summed E-state index contributed by atoms with van der Waals surface area (Å²) < 4.78 is 0. The molecule has 0 aliphatic rings. The van der Waals surface area contributed by atoms with Gasteiger partial charge in [-0.25, -0.2) is 0 Å². The number of hydrogen-bond acceptors (Lipinski definition) is 0. The molecule has 97 valence electrons. The molecule has 4 aromatic rings. The first-order valence-corrected chi connectivity index (χ1v) is 5.90. The van der Waals surface area contributed by atoms with E-state index in [0.717, 1.165) is 0 Å². The average Bonchev–Trinajstić information content (AvgIpc) is 2.89. The molecule has 4 rings (SSSR count). The fourth-order valence-corrected chi connectivity index (χ4v) is 2.80. The van der Waals surface area contributed by atoms with Gasteiger partial charge in [0.15, 0.2) is 0 Å². The van der Waals surface area contributed by atoms with Crippen LogP contribution in [0.25, 0.3) is 32.3 Å². The van der Waals surface area contributed by atoms with E-state index in [1.807, 2.05) is 0 Å². The Balaban J connectivity index is 0.000000667. The maximum absolute atomic E-state index is 2.21. The van der Waals surface area contributed by atoms with Crippen molar-refractivity contribution < 1.29 is 51.0 Å². The minimum absolute atomic E-state index is 0. The fraction of sp³-hybridized carbons (Fsp3) is 0. The zero-order valence-corrected chi connectivity index (χ0v) is 14.6. The van der Waals surface area contributed by atoms with Crippen molar-refractivity contribution in [3.63, 3.8) is 0 Å². The monoisotopic (exact) mass is 375 g/mol. The van der Waals surface area contributed by atoms with Gasteiger partial charge in [0, 0.05) is 0 Å². The van der Waals surface area contributed by atoms with Crippen LogP contribution in [0, 0.1) is 0 Å². The summed E-state index contributed by atoms with van der Waals surface area (Å²) in [7, 11) is 0. The van der Waals surface area contributed by atoms with Crippen LogP contribution < -0.4 is 24.8 Å². The molecule has 0 spiro atoms. The Morgan fingerprint density at radius 1 is 0.550 bits per heavy atom. The molecular formula is C17H11Cl2Zr. The zero-order valence-electron chi connectivity index (χ0n) is 10.6. The van der Waals surface area contributed by atoms with Crippen molar-refractivity contribution in [2.75, 3.05) is 0 Å². The van der Waals surface area contributed by atoms with Gasteiger partial charge in [0.1, 0.15) is 0 Å². The van der Waals surface area contributed by atoms with Crippen LogP contribution in [0.5, 0.6) is 0 Å². The van der Waals surface area contributed by atoms with Crippen molar-refractivity contribution in [3.05, 3.63) is 66.7 Å². The standard InChI is InChI=1S/C17H11.2ClH.Zr/c1-3-8-14-12(6-1)13-7-2-4-9-15(13)17-11-5-10-16(14)17;;;/h1-11H;2*1H;/q-1;;;+3/p-2. The molecule has 0 fully saturated rings. The van der Waals surface area contributed by atoms with Gasteiger partial charge >= 0.3 is 26.2 Å². The predicted molar refractivity (Wildman–Crippen MR) is 74.6 cm³/mol. The topological polar surface area (TPSA) is 0 Å². The van der Waals surface area contributed by atoms with E-state index in [0.29, 0.717) is 0 Å². The summed E-state index contributed by atoms with van der Waals surface area (Å²) >= 11 is 0. The van der Waals surface area contributed by atoms with Gasteiger partial charge < -0.3 is 24.8 Å². The van der Waals surface area contributed by atoms with Crippen LogP contribution in [0.2, 0.25) is 0 Å². The number of benzene rings is 3. The van der Waals surface area contributed by atoms with Crippen LogP contribution in [-0.4, -0.2) is 0 Å². The molecule has 0 nitrogen and oxygen atoms in total. The van der Waals surface area contributed by atoms with E-state index in [4.69, 9.17) is 0 Å². The van der Waals surface area contributed by atoms with Crippen LogP contribution in [-0.2, 0) is 26.2 Å². The van der Waals surface area contributed by atoms with Crippen molar-refractivity contribution in [3.8, 4) is 0 Å². The van der Waals surface area contributed by atoms with E-state index in [9.17, 15) is 0 Å². The largest absolute Gasteiger partial charge is 3.00 e. The second-order valence-electron chi connectivity index (χ2n) is 4.44. The van der Waals surface area contributed by atoms with Crippen LogP contribution in [0.15, 0.2) is 66.7 Å².